The van der Waals surface area contributed by atoms with Gasteiger partial charge >= 0.3 is 5.97 Å². The van der Waals surface area contributed by atoms with E-state index < -0.39 is 15.8 Å². The third-order valence-electron chi connectivity index (χ3n) is 3.14. The van der Waals surface area contributed by atoms with E-state index in [4.69, 9.17) is 5.73 Å². The maximum atomic E-state index is 11.5. The average Bonchev–Trinajstić information content (AvgIpc) is 2.39. The van der Waals surface area contributed by atoms with Crippen molar-refractivity contribution in [3.63, 3.8) is 0 Å². The average molecular weight is 284 g/mol. The molecule has 1 aliphatic heterocycles. The van der Waals surface area contributed by atoms with Crippen LogP contribution in [0.5, 0.6) is 0 Å². The summed E-state index contributed by atoms with van der Waals surface area (Å²) in [5.41, 5.74) is 7.49. The fourth-order valence-electron chi connectivity index (χ4n) is 2.02. The lowest BCUT2D eigenvalue weighted by Gasteiger charge is -2.29. The van der Waals surface area contributed by atoms with Crippen LogP contribution in [0.2, 0.25) is 0 Å². The number of hydrogen-bond acceptors (Lipinski definition) is 6. The summed E-state index contributed by atoms with van der Waals surface area (Å²) in [6.45, 7) is 0.772. The third-order valence-corrected chi connectivity index (χ3v) is 4.75. The van der Waals surface area contributed by atoms with Crippen LogP contribution in [0, 0.1) is 0 Å². The Hall–Kier alpha value is -1.76. The summed E-state index contributed by atoms with van der Waals surface area (Å²) in [5.74, 6) is -0.227. The van der Waals surface area contributed by atoms with Crippen LogP contribution in [-0.2, 0) is 14.6 Å². The predicted molar refractivity (Wildman–Crippen MR) is 73.1 cm³/mol. The molecule has 0 amide bonds. The molecule has 104 valence electrons. The van der Waals surface area contributed by atoms with Crippen molar-refractivity contribution >= 4 is 27.2 Å². The van der Waals surface area contributed by atoms with Crippen LogP contribution in [0.15, 0.2) is 18.2 Å². The number of carbonyl (C=O) groups excluding carboxylic acids is 1. The molecule has 0 aromatic heterocycles. The first-order chi connectivity index (χ1) is 8.93. The first kappa shape index (κ1) is 13.7. The molecule has 7 heteroatoms. The first-order valence-corrected chi connectivity index (χ1v) is 7.68. The van der Waals surface area contributed by atoms with Crippen molar-refractivity contribution in [1.29, 1.82) is 0 Å². The molecule has 0 saturated carbocycles. The van der Waals surface area contributed by atoms with E-state index in [0.717, 1.165) is 0 Å². The molecule has 1 saturated heterocycles. The Labute approximate surface area is 112 Å². The number of nitrogen functional groups attached to an aromatic ring is 1. The SMILES string of the molecule is COC(=O)c1ccc(N)c(N2CCS(=O)(=O)CC2)c1. The largest absolute Gasteiger partial charge is 0.465 e. The smallest absolute Gasteiger partial charge is 0.337 e. The number of sulfone groups is 1. The van der Waals surface area contributed by atoms with Gasteiger partial charge in [0.05, 0.1) is 35.6 Å². The predicted octanol–water partition coefficient (Wildman–Crippen LogP) is 0.290. The number of ether oxygens (including phenoxy) is 1. The Bertz CT molecular complexity index is 584. The van der Waals surface area contributed by atoms with Crippen molar-refractivity contribution in [2.24, 2.45) is 0 Å². The summed E-state index contributed by atoms with van der Waals surface area (Å²) in [6, 6.07) is 4.86. The lowest BCUT2D eigenvalue weighted by atomic mass is 10.1. The zero-order valence-electron chi connectivity index (χ0n) is 10.6. The van der Waals surface area contributed by atoms with E-state index in [2.05, 4.69) is 4.74 Å². The summed E-state index contributed by atoms with van der Waals surface area (Å²) in [4.78, 5) is 13.4. The maximum Gasteiger partial charge on any atom is 0.337 e. The van der Waals surface area contributed by atoms with Crippen molar-refractivity contribution in [3.8, 4) is 0 Å². The van der Waals surface area contributed by atoms with Gasteiger partial charge in [0.1, 0.15) is 0 Å². The molecule has 1 aromatic rings. The van der Waals surface area contributed by atoms with Crippen molar-refractivity contribution in [2.45, 2.75) is 0 Å². The second-order valence-electron chi connectivity index (χ2n) is 4.40. The van der Waals surface area contributed by atoms with E-state index in [-0.39, 0.29) is 11.5 Å². The van der Waals surface area contributed by atoms with Crippen LogP contribution in [-0.4, -0.2) is 46.1 Å². The molecule has 0 unspecified atom stereocenters. The molecule has 0 atom stereocenters. The summed E-state index contributed by atoms with van der Waals surface area (Å²) >= 11 is 0. The Morgan fingerprint density at radius 1 is 1.32 bits per heavy atom. The highest BCUT2D eigenvalue weighted by atomic mass is 32.2. The molecule has 2 N–H and O–H groups in total. The van der Waals surface area contributed by atoms with Crippen LogP contribution < -0.4 is 10.6 Å². The van der Waals surface area contributed by atoms with Crippen LogP contribution in [0.3, 0.4) is 0 Å². The standard InChI is InChI=1S/C12H16N2O4S/c1-18-12(15)9-2-3-10(13)11(8-9)14-4-6-19(16,17)7-5-14/h2-3,8H,4-7,13H2,1H3. The van der Waals surface area contributed by atoms with Gasteiger partial charge < -0.3 is 15.4 Å². The topological polar surface area (TPSA) is 89.7 Å². The Morgan fingerprint density at radius 3 is 2.53 bits per heavy atom. The Balaban J connectivity index is 2.27. The van der Waals surface area contributed by atoms with Gasteiger partial charge in [-0.2, -0.15) is 0 Å². The number of nitrogens with two attached hydrogens (primary N) is 1. The zero-order chi connectivity index (χ0) is 14.0. The number of methoxy groups -OCH3 is 1. The summed E-state index contributed by atoms with van der Waals surface area (Å²) in [7, 11) is -1.63. The molecule has 0 aliphatic carbocycles. The molecule has 0 radical (unpaired) electrons. The van der Waals surface area contributed by atoms with E-state index in [1.807, 2.05) is 4.90 Å². The van der Waals surface area contributed by atoms with Gasteiger partial charge in [-0.25, -0.2) is 13.2 Å². The van der Waals surface area contributed by atoms with Crippen LogP contribution in [0.25, 0.3) is 0 Å². The minimum absolute atomic E-state index is 0.106. The van der Waals surface area contributed by atoms with Crippen molar-refractivity contribution < 1.29 is 17.9 Å². The number of anilines is 2. The Morgan fingerprint density at radius 2 is 1.95 bits per heavy atom. The van der Waals surface area contributed by atoms with E-state index in [0.29, 0.717) is 30.0 Å². The van der Waals surface area contributed by atoms with Gasteiger partial charge in [0.15, 0.2) is 9.84 Å². The number of esters is 1. The minimum atomic E-state index is -2.94. The second kappa shape index (κ2) is 5.08. The monoisotopic (exact) mass is 284 g/mol. The van der Waals surface area contributed by atoms with E-state index in [1.54, 1.807) is 18.2 Å². The number of hydrogen-bond donors (Lipinski definition) is 1. The van der Waals surface area contributed by atoms with Crippen molar-refractivity contribution in [1.82, 2.24) is 0 Å². The third kappa shape index (κ3) is 2.98. The van der Waals surface area contributed by atoms with Gasteiger partial charge in [0, 0.05) is 13.1 Å². The molecule has 19 heavy (non-hydrogen) atoms. The fourth-order valence-corrected chi connectivity index (χ4v) is 3.22. The molecular formula is C12H16N2O4S. The maximum absolute atomic E-state index is 11.5. The van der Waals surface area contributed by atoms with Gasteiger partial charge in [-0.1, -0.05) is 0 Å². The van der Waals surface area contributed by atoms with Gasteiger partial charge in [0.25, 0.3) is 0 Å². The minimum Gasteiger partial charge on any atom is -0.465 e. The van der Waals surface area contributed by atoms with Gasteiger partial charge in [-0.05, 0) is 18.2 Å². The molecule has 6 nitrogen and oxygen atoms in total. The molecule has 0 bridgehead atoms. The van der Waals surface area contributed by atoms with Crippen LogP contribution in [0.4, 0.5) is 11.4 Å². The summed E-state index contributed by atoms with van der Waals surface area (Å²) in [6.07, 6.45) is 0. The van der Waals surface area contributed by atoms with Crippen molar-refractivity contribution in [2.75, 3.05) is 42.3 Å². The number of nitrogens with zero attached hydrogens (tertiary/aromatic N) is 1. The molecule has 1 fully saturated rings. The highest BCUT2D eigenvalue weighted by molar-refractivity contribution is 7.91. The number of carbonyl (C=O) groups is 1. The number of rotatable bonds is 2. The van der Waals surface area contributed by atoms with Crippen molar-refractivity contribution in [3.05, 3.63) is 23.8 Å². The lowest BCUT2D eigenvalue weighted by molar-refractivity contribution is 0.0601. The van der Waals surface area contributed by atoms with Crippen LogP contribution >= 0.6 is 0 Å². The Kier molecular flexibility index (Phi) is 3.66. The zero-order valence-corrected chi connectivity index (χ0v) is 11.4. The normalized spacial score (nSPS) is 18.1. The van der Waals surface area contributed by atoms with Crippen LogP contribution in [0.1, 0.15) is 10.4 Å². The fraction of sp³-hybridized carbons (Fsp3) is 0.417. The van der Waals surface area contributed by atoms with E-state index in [9.17, 15) is 13.2 Å². The highest BCUT2D eigenvalue weighted by Gasteiger charge is 2.23. The molecule has 1 aliphatic rings. The molecular weight excluding hydrogens is 268 g/mol. The van der Waals surface area contributed by atoms with Gasteiger partial charge in [0.2, 0.25) is 0 Å². The van der Waals surface area contributed by atoms with E-state index in [1.165, 1.54) is 7.11 Å². The molecule has 0 spiro atoms. The van der Waals surface area contributed by atoms with E-state index >= 15 is 0 Å². The highest BCUT2D eigenvalue weighted by Crippen LogP contribution is 2.26. The molecule has 2 rings (SSSR count). The second-order valence-corrected chi connectivity index (χ2v) is 6.71. The van der Waals surface area contributed by atoms with Gasteiger partial charge in [-0.15, -0.1) is 0 Å². The lowest BCUT2D eigenvalue weighted by Crippen LogP contribution is -2.40. The molecule has 1 heterocycles. The summed E-state index contributed by atoms with van der Waals surface area (Å²) in [5, 5.41) is 0. The first-order valence-electron chi connectivity index (χ1n) is 5.86. The molecule has 1 aromatic carbocycles. The quantitative estimate of drug-likeness (QED) is 0.620. The van der Waals surface area contributed by atoms with Gasteiger partial charge in [-0.3, -0.25) is 0 Å². The number of benzene rings is 1. The summed E-state index contributed by atoms with van der Waals surface area (Å²) < 4.78 is 27.5.